The summed E-state index contributed by atoms with van der Waals surface area (Å²) in [5, 5.41) is 14.5. The number of pyridine rings is 1. The van der Waals surface area contributed by atoms with E-state index in [9.17, 15) is 0 Å². The molecule has 0 spiro atoms. The highest BCUT2D eigenvalue weighted by Gasteiger charge is 2.11. The molecule has 26 heavy (non-hydrogen) atoms. The van der Waals surface area contributed by atoms with E-state index in [-0.39, 0.29) is 0 Å². The second-order valence-corrected chi connectivity index (χ2v) is 7.51. The summed E-state index contributed by atoms with van der Waals surface area (Å²) in [6, 6.07) is 18.5. The van der Waals surface area contributed by atoms with Gasteiger partial charge in [-0.15, -0.1) is 21.5 Å². The summed E-state index contributed by atoms with van der Waals surface area (Å²) in [5.74, 6) is 0.832. The Bertz CT molecular complexity index is 1240. The van der Waals surface area contributed by atoms with Crippen LogP contribution in [0.4, 0.5) is 0 Å². The molecule has 0 unspecified atom stereocenters. The zero-order valence-corrected chi connectivity index (χ0v) is 14.9. The van der Waals surface area contributed by atoms with Crippen LogP contribution in [-0.4, -0.2) is 24.8 Å². The first kappa shape index (κ1) is 15.2. The average molecular weight is 357 g/mol. The van der Waals surface area contributed by atoms with Crippen molar-refractivity contribution in [2.45, 2.75) is 13.3 Å². The molecule has 0 N–H and O–H groups in total. The summed E-state index contributed by atoms with van der Waals surface area (Å²) in [5.41, 5.74) is 3.87. The van der Waals surface area contributed by atoms with Gasteiger partial charge in [-0.25, -0.2) is 0 Å². The number of rotatable bonds is 3. The Hall–Kier alpha value is -3.12. The third-order valence-corrected chi connectivity index (χ3v) is 5.37. The topological polar surface area (TPSA) is 56.0 Å². The SMILES string of the molecule is Cc1ccc(-c2ccc3nnc(Cc4ccc5ncccc5c4)n3n2)s1. The predicted octanol–water partition coefficient (Wildman–Crippen LogP) is 4.30. The number of hydrogen-bond acceptors (Lipinski definition) is 5. The van der Waals surface area contributed by atoms with Gasteiger partial charge in [0.25, 0.3) is 0 Å². The lowest BCUT2D eigenvalue weighted by molar-refractivity contribution is 0.843. The Labute approximate surface area is 154 Å². The van der Waals surface area contributed by atoms with Gasteiger partial charge in [-0.1, -0.05) is 12.1 Å². The highest BCUT2D eigenvalue weighted by molar-refractivity contribution is 7.15. The Kier molecular flexibility index (Phi) is 3.50. The van der Waals surface area contributed by atoms with E-state index >= 15 is 0 Å². The molecule has 0 aliphatic rings. The highest BCUT2D eigenvalue weighted by atomic mass is 32.1. The lowest BCUT2D eigenvalue weighted by atomic mass is 10.1. The maximum absolute atomic E-state index is 4.77. The molecule has 0 bridgehead atoms. The van der Waals surface area contributed by atoms with E-state index in [0.717, 1.165) is 32.9 Å². The van der Waals surface area contributed by atoms with Crippen LogP contribution in [0.15, 0.2) is 60.8 Å². The average Bonchev–Trinajstić information content (AvgIpc) is 3.28. The van der Waals surface area contributed by atoms with E-state index in [4.69, 9.17) is 5.10 Å². The van der Waals surface area contributed by atoms with Crippen molar-refractivity contribution < 1.29 is 0 Å². The van der Waals surface area contributed by atoms with E-state index in [1.807, 2.05) is 35.0 Å². The summed E-state index contributed by atoms with van der Waals surface area (Å²) in [6.07, 6.45) is 2.48. The zero-order chi connectivity index (χ0) is 17.5. The van der Waals surface area contributed by atoms with Crippen molar-refractivity contribution in [3.8, 4) is 10.6 Å². The molecule has 0 atom stereocenters. The Morgan fingerprint density at radius 1 is 1.00 bits per heavy atom. The van der Waals surface area contributed by atoms with Crippen LogP contribution in [-0.2, 0) is 6.42 Å². The van der Waals surface area contributed by atoms with Crippen molar-refractivity contribution in [2.75, 3.05) is 0 Å². The van der Waals surface area contributed by atoms with Crippen LogP contribution in [0.5, 0.6) is 0 Å². The van der Waals surface area contributed by atoms with Crippen LogP contribution >= 0.6 is 11.3 Å². The standard InChI is InChI=1S/C20H15N5S/c1-13-4-8-18(26-13)17-7-9-19-22-23-20(25(19)24-17)12-14-5-6-16-15(11-14)3-2-10-21-16/h2-11H,12H2,1H3. The Morgan fingerprint density at radius 2 is 1.96 bits per heavy atom. The summed E-state index contributed by atoms with van der Waals surface area (Å²) in [6.45, 7) is 2.10. The summed E-state index contributed by atoms with van der Waals surface area (Å²) < 4.78 is 1.85. The minimum Gasteiger partial charge on any atom is -0.256 e. The molecule has 0 saturated carbocycles. The molecule has 0 aliphatic heterocycles. The molecule has 0 aliphatic carbocycles. The fourth-order valence-electron chi connectivity index (χ4n) is 3.06. The quantitative estimate of drug-likeness (QED) is 0.483. The molecule has 4 heterocycles. The van der Waals surface area contributed by atoms with Crippen molar-refractivity contribution in [1.82, 2.24) is 24.8 Å². The lowest BCUT2D eigenvalue weighted by Crippen LogP contribution is -2.01. The maximum atomic E-state index is 4.77. The summed E-state index contributed by atoms with van der Waals surface area (Å²) in [4.78, 5) is 6.80. The van der Waals surface area contributed by atoms with Gasteiger partial charge in [0.15, 0.2) is 11.5 Å². The zero-order valence-electron chi connectivity index (χ0n) is 14.1. The number of nitrogens with zero attached hydrogens (tertiary/aromatic N) is 5. The van der Waals surface area contributed by atoms with Gasteiger partial charge in [0.2, 0.25) is 0 Å². The van der Waals surface area contributed by atoms with Gasteiger partial charge in [-0.3, -0.25) is 4.98 Å². The first-order valence-corrected chi connectivity index (χ1v) is 9.20. The van der Waals surface area contributed by atoms with E-state index in [1.54, 1.807) is 11.3 Å². The van der Waals surface area contributed by atoms with Crippen molar-refractivity contribution in [2.24, 2.45) is 0 Å². The molecule has 4 aromatic heterocycles. The van der Waals surface area contributed by atoms with E-state index < -0.39 is 0 Å². The largest absolute Gasteiger partial charge is 0.256 e. The molecule has 126 valence electrons. The van der Waals surface area contributed by atoms with Gasteiger partial charge < -0.3 is 0 Å². The van der Waals surface area contributed by atoms with Gasteiger partial charge in [-0.2, -0.15) is 9.61 Å². The first-order valence-electron chi connectivity index (χ1n) is 8.38. The van der Waals surface area contributed by atoms with Crippen LogP contribution in [0.2, 0.25) is 0 Å². The highest BCUT2D eigenvalue weighted by Crippen LogP contribution is 2.26. The third kappa shape index (κ3) is 2.64. The van der Waals surface area contributed by atoms with Gasteiger partial charge in [-0.05, 0) is 55.0 Å². The van der Waals surface area contributed by atoms with Gasteiger partial charge >= 0.3 is 0 Å². The van der Waals surface area contributed by atoms with Crippen LogP contribution in [0, 0.1) is 6.92 Å². The molecule has 5 nitrogen and oxygen atoms in total. The van der Waals surface area contributed by atoms with E-state index in [0.29, 0.717) is 6.42 Å². The van der Waals surface area contributed by atoms with Crippen LogP contribution < -0.4 is 0 Å². The molecule has 0 saturated heterocycles. The second kappa shape index (κ2) is 6.00. The smallest absolute Gasteiger partial charge is 0.177 e. The number of thiophene rings is 1. The normalized spacial score (nSPS) is 11.4. The molecule has 5 aromatic rings. The second-order valence-electron chi connectivity index (χ2n) is 6.22. The van der Waals surface area contributed by atoms with Gasteiger partial charge in [0.05, 0.1) is 10.4 Å². The molecule has 5 rings (SSSR count). The van der Waals surface area contributed by atoms with Crippen molar-refractivity contribution >= 4 is 27.9 Å². The van der Waals surface area contributed by atoms with Crippen molar-refractivity contribution in [3.63, 3.8) is 0 Å². The molecule has 1 aromatic carbocycles. The fourth-order valence-corrected chi connectivity index (χ4v) is 3.90. The molecule has 6 heteroatoms. The minimum atomic E-state index is 0.673. The number of benzene rings is 1. The van der Waals surface area contributed by atoms with Crippen molar-refractivity contribution in [1.29, 1.82) is 0 Å². The number of aromatic nitrogens is 5. The predicted molar refractivity (Wildman–Crippen MR) is 103 cm³/mol. The molecule has 0 fully saturated rings. The molecule has 0 radical (unpaired) electrons. The van der Waals surface area contributed by atoms with Gasteiger partial charge in [0.1, 0.15) is 5.69 Å². The molecular weight excluding hydrogens is 342 g/mol. The molecule has 0 amide bonds. The maximum Gasteiger partial charge on any atom is 0.177 e. The number of fused-ring (bicyclic) bond motifs is 2. The minimum absolute atomic E-state index is 0.673. The molecular formula is C20H15N5S. The van der Waals surface area contributed by atoms with Crippen LogP contribution in [0.25, 0.3) is 27.1 Å². The van der Waals surface area contributed by atoms with Gasteiger partial charge in [0, 0.05) is 22.9 Å². The number of aryl methyl sites for hydroxylation is 1. The number of hydrogen-bond donors (Lipinski definition) is 0. The van der Waals surface area contributed by atoms with E-state index in [1.165, 1.54) is 10.4 Å². The lowest BCUT2D eigenvalue weighted by Gasteiger charge is -2.03. The monoisotopic (exact) mass is 357 g/mol. The Balaban J connectivity index is 1.55. The third-order valence-electron chi connectivity index (χ3n) is 4.35. The Morgan fingerprint density at radius 3 is 2.85 bits per heavy atom. The van der Waals surface area contributed by atoms with E-state index in [2.05, 4.69) is 52.4 Å². The summed E-state index contributed by atoms with van der Waals surface area (Å²) in [7, 11) is 0. The van der Waals surface area contributed by atoms with Crippen LogP contribution in [0.3, 0.4) is 0 Å². The van der Waals surface area contributed by atoms with Crippen molar-refractivity contribution in [3.05, 3.63) is 77.1 Å². The van der Waals surface area contributed by atoms with Crippen LogP contribution in [0.1, 0.15) is 16.3 Å². The first-order chi connectivity index (χ1) is 12.8. The fraction of sp³-hybridized carbons (Fsp3) is 0.100. The summed E-state index contributed by atoms with van der Waals surface area (Å²) >= 11 is 1.74.